The fourth-order valence-corrected chi connectivity index (χ4v) is 2.33. The van der Waals surface area contributed by atoms with Gasteiger partial charge in [-0.1, -0.05) is 0 Å². The van der Waals surface area contributed by atoms with Crippen LogP contribution in [0.3, 0.4) is 0 Å². The summed E-state index contributed by atoms with van der Waals surface area (Å²) in [6.45, 7) is 0. The summed E-state index contributed by atoms with van der Waals surface area (Å²) in [4.78, 5) is 22.8. The van der Waals surface area contributed by atoms with E-state index in [1.165, 1.54) is 31.0 Å². The van der Waals surface area contributed by atoms with E-state index in [-0.39, 0.29) is 28.9 Å². The van der Waals surface area contributed by atoms with Gasteiger partial charge in [-0.2, -0.15) is 23.3 Å². The van der Waals surface area contributed by atoms with Gasteiger partial charge in [-0.05, 0) is 0 Å². The van der Waals surface area contributed by atoms with Crippen molar-refractivity contribution in [1.29, 1.82) is 0 Å². The number of halogens is 3. The molecule has 3 aromatic rings. The molecule has 3 aromatic heterocycles. The molecule has 0 radical (unpaired) electrons. The summed E-state index contributed by atoms with van der Waals surface area (Å²) in [6, 6.07) is 1.35. The van der Waals surface area contributed by atoms with Gasteiger partial charge in [0, 0.05) is 25.5 Å². The SMILES string of the molecule is COc1nccc(-n2cc(-c3cnc(C(N)=O)n3C)c(C(F)(F)F)n2)n1. The van der Waals surface area contributed by atoms with E-state index in [1.807, 2.05) is 0 Å². The first-order valence-electron chi connectivity index (χ1n) is 7.08. The smallest absolute Gasteiger partial charge is 0.435 e. The molecular formula is C14H12F3N7O2. The zero-order valence-corrected chi connectivity index (χ0v) is 13.5. The summed E-state index contributed by atoms with van der Waals surface area (Å²) in [5, 5.41) is 3.59. The van der Waals surface area contributed by atoms with Gasteiger partial charge in [0.2, 0.25) is 0 Å². The third kappa shape index (κ3) is 2.96. The van der Waals surface area contributed by atoms with Crippen LogP contribution in [-0.2, 0) is 13.2 Å². The van der Waals surface area contributed by atoms with Gasteiger partial charge >= 0.3 is 12.2 Å². The highest BCUT2D eigenvalue weighted by molar-refractivity contribution is 5.90. The maximum atomic E-state index is 13.5. The highest BCUT2D eigenvalue weighted by atomic mass is 19.4. The van der Waals surface area contributed by atoms with Crippen LogP contribution in [0.25, 0.3) is 17.1 Å². The van der Waals surface area contributed by atoms with Gasteiger partial charge in [-0.3, -0.25) is 4.79 Å². The van der Waals surface area contributed by atoms with E-state index < -0.39 is 17.8 Å². The molecule has 0 aliphatic rings. The van der Waals surface area contributed by atoms with E-state index >= 15 is 0 Å². The molecule has 0 aliphatic carbocycles. The first-order valence-corrected chi connectivity index (χ1v) is 7.08. The molecule has 136 valence electrons. The number of methoxy groups -OCH3 is 1. The predicted molar refractivity (Wildman–Crippen MR) is 81.4 cm³/mol. The Morgan fingerprint density at radius 2 is 2.04 bits per heavy atom. The maximum Gasteiger partial charge on any atom is 0.435 e. The number of carbonyl (C=O) groups is 1. The number of rotatable bonds is 4. The van der Waals surface area contributed by atoms with Crippen molar-refractivity contribution in [3.63, 3.8) is 0 Å². The average molecular weight is 367 g/mol. The first kappa shape index (κ1) is 17.4. The molecule has 0 fully saturated rings. The van der Waals surface area contributed by atoms with Gasteiger partial charge in [-0.25, -0.2) is 14.6 Å². The lowest BCUT2D eigenvalue weighted by atomic mass is 10.2. The maximum absolute atomic E-state index is 13.5. The highest BCUT2D eigenvalue weighted by Gasteiger charge is 2.38. The highest BCUT2D eigenvalue weighted by Crippen LogP contribution is 2.36. The molecule has 12 heteroatoms. The summed E-state index contributed by atoms with van der Waals surface area (Å²) >= 11 is 0. The fourth-order valence-electron chi connectivity index (χ4n) is 2.33. The van der Waals surface area contributed by atoms with Crippen LogP contribution in [0.15, 0.2) is 24.7 Å². The number of primary amides is 1. The third-order valence-electron chi connectivity index (χ3n) is 3.50. The fraction of sp³-hybridized carbons (Fsp3) is 0.214. The molecule has 3 rings (SSSR count). The van der Waals surface area contributed by atoms with Crippen LogP contribution in [0.5, 0.6) is 6.01 Å². The molecule has 0 bridgehead atoms. The molecule has 0 saturated heterocycles. The van der Waals surface area contributed by atoms with Crippen LogP contribution in [0.2, 0.25) is 0 Å². The van der Waals surface area contributed by atoms with Crippen molar-refractivity contribution in [3.8, 4) is 23.1 Å². The van der Waals surface area contributed by atoms with E-state index in [2.05, 4.69) is 20.1 Å². The Labute approximate surface area is 144 Å². The molecule has 0 atom stereocenters. The molecule has 0 aromatic carbocycles. The summed E-state index contributed by atoms with van der Waals surface area (Å²) in [6.07, 6.45) is -1.16. The molecule has 3 heterocycles. The normalized spacial score (nSPS) is 11.6. The largest absolute Gasteiger partial charge is 0.467 e. The zero-order chi connectivity index (χ0) is 19.1. The van der Waals surface area contributed by atoms with Crippen molar-refractivity contribution in [2.24, 2.45) is 12.8 Å². The molecule has 2 N–H and O–H groups in total. The number of imidazole rings is 1. The molecule has 26 heavy (non-hydrogen) atoms. The summed E-state index contributed by atoms with van der Waals surface area (Å²) < 4.78 is 47.3. The van der Waals surface area contributed by atoms with Crippen molar-refractivity contribution in [2.75, 3.05) is 7.11 Å². The van der Waals surface area contributed by atoms with E-state index in [0.717, 1.165) is 17.1 Å². The minimum absolute atomic E-state index is 0.0235. The second kappa shape index (κ2) is 6.13. The van der Waals surface area contributed by atoms with Gasteiger partial charge in [0.1, 0.15) is 0 Å². The number of carbonyl (C=O) groups excluding carboxylic acids is 1. The van der Waals surface area contributed by atoms with Gasteiger partial charge in [0.25, 0.3) is 5.91 Å². The number of amides is 1. The van der Waals surface area contributed by atoms with Gasteiger partial charge < -0.3 is 15.0 Å². The Kier molecular flexibility index (Phi) is 4.10. The molecule has 0 unspecified atom stereocenters. The van der Waals surface area contributed by atoms with Crippen molar-refractivity contribution in [1.82, 2.24) is 29.3 Å². The van der Waals surface area contributed by atoms with Crippen molar-refractivity contribution in [3.05, 3.63) is 36.2 Å². The molecule has 1 amide bonds. The summed E-state index contributed by atoms with van der Waals surface area (Å²) in [5.74, 6) is -0.962. The van der Waals surface area contributed by atoms with Crippen LogP contribution in [0.4, 0.5) is 13.2 Å². The minimum Gasteiger partial charge on any atom is -0.467 e. The minimum atomic E-state index is -4.74. The Bertz CT molecular complexity index is 977. The van der Waals surface area contributed by atoms with Crippen LogP contribution >= 0.6 is 0 Å². The Hall–Kier alpha value is -3.44. The van der Waals surface area contributed by atoms with Crippen LogP contribution in [0, 0.1) is 0 Å². The van der Waals surface area contributed by atoms with Crippen molar-refractivity contribution >= 4 is 5.91 Å². The lowest BCUT2D eigenvalue weighted by Crippen LogP contribution is -2.17. The Balaban J connectivity index is 2.19. The molecule has 0 aliphatic heterocycles. The molecule has 0 spiro atoms. The standard InChI is InChI=1S/C14H12F3N7O2/c1-23-8(5-20-12(23)11(18)25)7-6-24(22-10(7)14(15,16)17)9-3-4-19-13(21-9)26-2/h3-6H,1-2H3,(H2,18,25). The van der Waals surface area contributed by atoms with Gasteiger partial charge in [0.15, 0.2) is 17.3 Å². The number of aromatic nitrogens is 6. The van der Waals surface area contributed by atoms with E-state index in [0.29, 0.717) is 0 Å². The summed E-state index contributed by atoms with van der Waals surface area (Å²) in [5.41, 5.74) is 3.75. The van der Waals surface area contributed by atoms with Gasteiger partial charge in [-0.15, -0.1) is 0 Å². The number of nitrogens with two attached hydrogens (primary N) is 1. The molecular weight excluding hydrogens is 355 g/mol. The third-order valence-corrected chi connectivity index (χ3v) is 3.50. The number of nitrogens with zero attached hydrogens (tertiary/aromatic N) is 6. The van der Waals surface area contributed by atoms with Crippen LogP contribution < -0.4 is 10.5 Å². The molecule has 0 saturated carbocycles. The Morgan fingerprint density at radius 1 is 1.31 bits per heavy atom. The zero-order valence-electron chi connectivity index (χ0n) is 13.5. The topological polar surface area (TPSA) is 114 Å². The monoisotopic (exact) mass is 367 g/mol. The number of hydrogen-bond donors (Lipinski definition) is 1. The lowest BCUT2D eigenvalue weighted by molar-refractivity contribution is -0.140. The van der Waals surface area contributed by atoms with E-state index in [1.54, 1.807) is 0 Å². The van der Waals surface area contributed by atoms with Crippen LogP contribution in [-0.4, -0.2) is 42.3 Å². The Morgan fingerprint density at radius 3 is 2.62 bits per heavy atom. The molecule has 9 nitrogen and oxygen atoms in total. The average Bonchev–Trinajstić information content (AvgIpc) is 3.18. The second-order valence-electron chi connectivity index (χ2n) is 5.13. The predicted octanol–water partition coefficient (Wildman–Crippen LogP) is 1.19. The van der Waals surface area contributed by atoms with Crippen molar-refractivity contribution in [2.45, 2.75) is 6.18 Å². The number of alkyl halides is 3. The van der Waals surface area contributed by atoms with Gasteiger partial charge in [0.05, 0.1) is 24.6 Å². The lowest BCUT2D eigenvalue weighted by Gasteiger charge is -2.07. The second-order valence-corrected chi connectivity index (χ2v) is 5.13. The quantitative estimate of drug-likeness (QED) is 0.741. The number of hydrogen-bond acceptors (Lipinski definition) is 6. The van der Waals surface area contributed by atoms with Crippen molar-refractivity contribution < 1.29 is 22.7 Å². The van der Waals surface area contributed by atoms with Crippen LogP contribution in [0.1, 0.15) is 16.3 Å². The first-order chi connectivity index (χ1) is 12.2. The van der Waals surface area contributed by atoms with E-state index in [9.17, 15) is 18.0 Å². The number of ether oxygens (including phenoxy) is 1. The summed E-state index contributed by atoms with van der Waals surface area (Å²) in [7, 11) is 2.71. The van der Waals surface area contributed by atoms with E-state index in [4.69, 9.17) is 10.5 Å².